The Labute approximate surface area is 126 Å². The molecule has 1 aromatic rings. The summed E-state index contributed by atoms with van der Waals surface area (Å²) in [5.74, 6) is 0.0424. The highest BCUT2D eigenvalue weighted by Gasteiger charge is 2.27. The summed E-state index contributed by atoms with van der Waals surface area (Å²) in [6, 6.07) is 2.08. The summed E-state index contributed by atoms with van der Waals surface area (Å²) in [5.41, 5.74) is 0.0109. The van der Waals surface area contributed by atoms with Crippen LogP contribution in [0, 0.1) is 0 Å². The van der Waals surface area contributed by atoms with E-state index >= 15 is 0 Å². The van der Waals surface area contributed by atoms with Crippen LogP contribution in [0.5, 0.6) is 0 Å². The van der Waals surface area contributed by atoms with Gasteiger partial charge in [0, 0.05) is 25.7 Å². The van der Waals surface area contributed by atoms with Gasteiger partial charge in [-0.05, 0) is 31.7 Å². The summed E-state index contributed by atoms with van der Waals surface area (Å²) >= 11 is 0. The van der Waals surface area contributed by atoms with Crippen LogP contribution >= 0.6 is 0 Å². The number of hydrogen-bond acceptors (Lipinski definition) is 4. The maximum absolute atomic E-state index is 12.2. The predicted molar refractivity (Wildman–Crippen MR) is 81.2 cm³/mol. The van der Waals surface area contributed by atoms with Gasteiger partial charge in [-0.1, -0.05) is 13.8 Å². The van der Waals surface area contributed by atoms with Gasteiger partial charge < -0.3 is 19.7 Å². The summed E-state index contributed by atoms with van der Waals surface area (Å²) in [6.45, 7) is 6.14. The van der Waals surface area contributed by atoms with Crippen LogP contribution in [0.3, 0.4) is 0 Å². The lowest BCUT2D eigenvalue weighted by Gasteiger charge is -2.34. The number of amides is 1. The molecule has 1 fully saturated rings. The Morgan fingerprint density at radius 3 is 2.62 bits per heavy atom. The predicted octanol–water partition coefficient (Wildman–Crippen LogP) is 2.02. The second-order valence-corrected chi connectivity index (χ2v) is 5.89. The summed E-state index contributed by atoms with van der Waals surface area (Å²) in [4.78, 5) is 14.1. The van der Waals surface area contributed by atoms with Crippen molar-refractivity contribution in [3.63, 3.8) is 0 Å². The number of furan rings is 1. The first kappa shape index (κ1) is 16.0. The highest BCUT2D eigenvalue weighted by molar-refractivity contribution is 5.93. The van der Waals surface area contributed by atoms with E-state index in [-0.39, 0.29) is 5.91 Å². The van der Waals surface area contributed by atoms with Crippen molar-refractivity contribution in [2.75, 3.05) is 19.6 Å². The van der Waals surface area contributed by atoms with Crippen LogP contribution in [-0.2, 0) is 0 Å². The first-order chi connectivity index (χ1) is 10.1. The number of hydrogen-bond donors (Lipinski definition) is 2. The molecule has 0 unspecified atom stereocenters. The molecule has 1 aliphatic rings. The van der Waals surface area contributed by atoms with Crippen LogP contribution in [0.15, 0.2) is 23.0 Å². The fourth-order valence-corrected chi connectivity index (χ4v) is 2.69. The van der Waals surface area contributed by atoms with Crippen molar-refractivity contribution in [1.82, 2.24) is 10.2 Å². The van der Waals surface area contributed by atoms with Crippen molar-refractivity contribution in [2.24, 2.45) is 0 Å². The average molecular weight is 294 g/mol. The first-order valence-electron chi connectivity index (χ1n) is 7.85. The monoisotopic (exact) mass is 294 g/mol. The number of piperidine rings is 1. The third-order valence-electron chi connectivity index (χ3n) is 4.59. The van der Waals surface area contributed by atoms with Gasteiger partial charge in [-0.15, -0.1) is 0 Å². The minimum atomic E-state index is -0.607. The van der Waals surface area contributed by atoms with Gasteiger partial charge in [0.2, 0.25) is 0 Å². The van der Waals surface area contributed by atoms with Gasteiger partial charge in [-0.25, -0.2) is 0 Å². The third kappa shape index (κ3) is 4.08. The zero-order valence-corrected chi connectivity index (χ0v) is 13.0. The molecular weight excluding hydrogens is 268 g/mol. The lowest BCUT2D eigenvalue weighted by molar-refractivity contribution is 0.0268. The van der Waals surface area contributed by atoms with Gasteiger partial charge in [0.05, 0.1) is 17.4 Å². The maximum Gasteiger partial charge on any atom is 0.257 e. The topological polar surface area (TPSA) is 65.7 Å². The lowest BCUT2D eigenvalue weighted by Crippen LogP contribution is -2.49. The molecule has 0 saturated carbocycles. The van der Waals surface area contributed by atoms with Crippen LogP contribution in [-0.4, -0.2) is 47.2 Å². The Morgan fingerprint density at radius 2 is 2.10 bits per heavy atom. The van der Waals surface area contributed by atoms with Crippen LogP contribution < -0.4 is 5.32 Å². The normalized spacial score (nSPS) is 17.2. The molecule has 0 aliphatic carbocycles. The molecule has 5 nitrogen and oxygen atoms in total. The van der Waals surface area contributed by atoms with Gasteiger partial charge in [-0.2, -0.15) is 0 Å². The standard InChI is InChI=1S/C16H26N2O3/c1-3-16(20,4-2)12-17-14-5-8-18(9-6-14)15(19)13-7-10-21-11-13/h7,10-11,14,17,20H,3-6,8-9,12H2,1-2H3. The summed E-state index contributed by atoms with van der Waals surface area (Å²) in [6.07, 6.45) is 6.38. The van der Waals surface area contributed by atoms with Crippen molar-refractivity contribution >= 4 is 5.91 Å². The molecule has 0 radical (unpaired) electrons. The summed E-state index contributed by atoms with van der Waals surface area (Å²) < 4.78 is 4.96. The van der Waals surface area contributed by atoms with Crippen LogP contribution in [0.2, 0.25) is 0 Å². The molecule has 0 spiro atoms. The van der Waals surface area contributed by atoms with Crippen LogP contribution in [0.4, 0.5) is 0 Å². The van der Waals surface area contributed by atoms with Crippen molar-refractivity contribution < 1.29 is 14.3 Å². The van der Waals surface area contributed by atoms with Crippen LogP contribution in [0.25, 0.3) is 0 Å². The van der Waals surface area contributed by atoms with E-state index in [1.54, 1.807) is 6.07 Å². The van der Waals surface area contributed by atoms with E-state index in [0.29, 0.717) is 18.2 Å². The number of carbonyl (C=O) groups is 1. The molecule has 1 aromatic heterocycles. The highest BCUT2D eigenvalue weighted by atomic mass is 16.3. The van der Waals surface area contributed by atoms with Crippen molar-refractivity contribution in [2.45, 2.75) is 51.2 Å². The van der Waals surface area contributed by atoms with Crippen molar-refractivity contribution in [1.29, 1.82) is 0 Å². The Balaban J connectivity index is 1.77. The molecule has 0 bridgehead atoms. The minimum absolute atomic E-state index is 0.0424. The van der Waals surface area contributed by atoms with E-state index in [4.69, 9.17) is 4.42 Å². The zero-order chi connectivity index (χ0) is 15.3. The van der Waals surface area contributed by atoms with Gasteiger partial charge >= 0.3 is 0 Å². The number of rotatable bonds is 6. The Hall–Kier alpha value is -1.33. The molecule has 1 saturated heterocycles. The van der Waals surface area contributed by atoms with E-state index in [2.05, 4.69) is 5.32 Å². The van der Waals surface area contributed by atoms with Gasteiger partial charge in [0.25, 0.3) is 5.91 Å². The molecular formula is C16H26N2O3. The molecule has 1 aliphatic heterocycles. The van der Waals surface area contributed by atoms with Gasteiger partial charge in [0.15, 0.2) is 0 Å². The fraction of sp³-hybridized carbons (Fsp3) is 0.688. The Bertz CT molecular complexity index is 432. The largest absolute Gasteiger partial charge is 0.472 e. The zero-order valence-electron chi connectivity index (χ0n) is 13.0. The third-order valence-corrected chi connectivity index (χ3v) is 4.59. The van der Waals surface area contributed by atoms with E-state index in [9.17, 15) is 9.90 Å². The molecule has 21 heavy (non-hydrogen) atoms. The number of nitrogens with zero attached hydrogens (tertiary/aromatic N) is 1. The number of likely N-dealkylation sites (tertiary alicyclic amines) is 1. The van der Waals surface area contributed by atoms with E-state index in [1.165, 1.54) is 12.5 Å². The summed E-state index contributed by atoms with van der Waals surface area (Å²) in [7, 11) is 0. The molecule has 5 heteroatoms. The fourth-order valence-electron chi connectivity index (χ4n) is 2.69. The van der Waals surface area contributed by atoms with Crippen molar-refractivity contribution in [3.8, 4) is 0 Å². The average Bonchev–Trinajstić information content (AvgIpc) is 3.07. The molecule has 0 aromatic carbocycles. The van der Waals surface area contributed by atoms with E-state index in [1.807, 2.05) is 18.7 Å². The SMILES string of the molecule is CCC(O)(CC)CNC1CCN(C(=O)c2ccoc2)CC1. The molecule has 2 rings (SSSR count). The van der Waals surface area contributed by atoms with E-state index < -0.39 is 5.60 Å². The molecule has 2 N–H and O–H groups in total. The van der Waals surface area contributed by atoms with Gasteiger partial charge in [0.1, 0.15) is 6.26 Å². The lowest BCUT2D eigenvalue weighted by atomic mass is 9.96. The van der Waals surface area contributed by atoms with Crippen LogP contribution in [0.1, 0.15) is 49.9 Å². The number of aliphatic hydroxyl groups is 1. The second-order valence-electron chi connectivity index (χ2n) is 5.89. The van der Waals surface area contributed by atoms with E-state index in [0.717, 1.165) is 38.8 Å². The number of nitrogens with one attached hydrogen (secondary N) is 1. The summed E-state index contributed by atoms with van der Waals surface area (Å²) in [5, 5.41) is 13.7. The highest BCUT2D eigenvalue weighted by Crippen LogP contribution is 2.17. The molecule has 1 amide bonds. The Kier molecular flexibility index (Phi) is 5.42. The molecule has 0 atom stereocenters. The smallest absolute Gasteiger partial charge is 0.257 e. The number of carbonyl (C=O) groups excluding carboxylic acids is 1. The molecule has 2 heterocycles. The molecule has 118 valence electrons. The Morgan fingerprint density at radius 1 is 1.43 bits per heavy atom. The quantitative estimate of drug-likeness (QED) is 0.842. The maximum atomic E-state index is 12.2. The van der Waals surface area contributed by atoms with Gasteiger partial charge in [-0.3, -0.25) is 4.79 Å². The first-order valence-corrected chi connectivity index (χ1v) is 7.85. The minimum Gasteiger partial charge on any atom is -0.472 e. The second kappa shape index (κ2) is 7.09. The van der Waals surface area contributed by atoms with Crippen molar-refractivity contribution in [3.05, 3.63) is 24.2 Å².